The minimum absolute atomic E-state index is 0.102. The van der Waals surface area contributed by atoms with E-state index in [9.17, 15) is 0 Å². The molecule has 7 heavy (non-hydrogen) atoms. The Bertz CT molecular complexity index is 58.7. The average molecular weight is 103 g/mol. The summed E-state index contributed by atoms with van der Waals surface area (Å²) < 4.78 is 9.83. The molecule has 42 valence electrons. The third-order valence-electron chi connectivity index (χ3n) is 0.862. The lowest BCUT2D eigenvalue weighted by atomic mass is 10.7. The average Bonchev–Trinajstić information content (AvgIpc) is 1.87. The van der Waals surface area contributed by atoms with Crippen molar-refractivity contribution >= 4 is 0 Å². The Morgan fingerprint density at radius 1 is 1.71 bits per heavy atom. The van der Waals surface area contributed by atoms with Gasteiger partial charge in [0.2, 0.25) is 0 Å². The lowest BCUT2D eigenvalue weighted by molar-refractivity contribution is -0.0408. The zero-order chi connectivity index (χ0) is 5.28. The molecule has 2 N–H and O–H groups in total. The maximum Gasteiger partial charge on any atom is 0.157 e. The first-order chi connectivity index (χ1) is 3.29. The van der Waals surface area contributed by atoms with Gasteiger partial charge in [0.25, 0.3) is 0 Å². The van der Waals surface area contributed by atoms with Gasteiger partial charge in [-0.25, -0.2) is 0 Å². The Balaban J connectivity index is 2.26. The lowest BCUT2D eigenvalue weighted by Gasteiger charge is -1.98. The minimum Gasteiger partial charge on any atom is -0.349 e. The van der Waals surface area contributed by atoms with Crippen molar-refractivity contribution in [3.63, 3.8) is 0 Å². The molecule has 0 radical (unpaired) electrons. The first-order valence-corrected chi connectivity index (χ1v) is 2.31. The maximum atomic E-state index is 5.28. The molecule has 2 unspecified atom stereocenters. The highest BCUT2D eigenvalue weighted by atomic mass is 16.7. The third-order valence-corrected chi connectivity index (χ3v) is 0.862. The molecule has 3 heteroatoms. The largest absolute Gasteiger partial charge is 0.349 e. The molecule has 0 amide bonds. The second-order valence-corrected chi connectivity index (χ2v) is 1.58. The monoisotopic (exact) mass is 103 g/mol. The molecule has 0 aliphatic carbocycles. The predicted octanol–water partition coefficient (Wildman–Crippen LogP) is -0.336. The van der Waals surface area contributed by atoms with Crippen LogP contribution in [0.2, 0.25) is 0 Å². The zero-order valence-corrected chi connectivity index (χ0v) is 4.26. The molecule has 0 bridgehead atoms. The van der Waals surface area contributed by atoms with Crippen LogP contribution < -0.4 is 5.73 Å². The van der Waals surface area contributed by atoms with Gasteiger partial charge in [0.05, 0.1) is 6.61 Å². The summed E-state index contributed by atoms with van der Waals surface area (Å²) in [6, 6.07) is 0. The van der Waals surface area contributed by atoms with E-state index in [2.05, 4.69) is 0 Å². The highest BCUT2D eigenvalue weighted by Gasteiger charge is 2.17. The summed E-state index contributed by atoms with van der Waals surface area (Å²) in [5.41, 5.74) is 5.28. The van der Waals surface area contributed by atoms with Crippen LogP contribution in [0.25, 0.3) is 0 Å². The molecule has 1 rings (SSSR count). The summed E-state index contributed by atoms with van der Waals surface area (Å²) in [5.74, 6) is 0. The summed E-state index contributed by atoms with van der Waals surface area (Å²) in [6.07, 6.45) is -0.301. The Hall–Kier alpha value is -0.120. The first-order valence-electron chi connectivity index (χ1n) is 2.31. The standard InChI is InChI=1S/C4H9NO2/c1-3-6-2-4(5)7-3/h3-4H,2,5H2,1H3. The van der Waals surface area contributed by atoms with Crippen LogP contribution in [-0.4, -0.2) is 19.1 Å². The molecule has 2 atom stereocenters. The Morgan fingerprint density at radius 3 is 2.57 bits per heavy atom. The van der Waals surface area contributed by atoms with Crippen molar-refractivity contribution in [3.05, 3.63) is 0 Å². The van der Waals surface area contributed by atoms with Crippen molar-refractivity contribution < 1.29 is 9.47 Å². The number of rotatable bonds is 0. The molecule has 1 aliphatic heterocycles. The van der Waals surface area contributed by atoms with Gasteiger partial charge in [-0.3, -0.25) is 0 Å². The van der Waals surface area contributed by atoms with E-state index in [0.717, 1.165) is 0 Å². The van der Waals surface area contributed by atoms with Gasteiger partial charge in [-0.05, 0) is 6.92 Å². The molecular weight excluding hydrogens is 94.0 g/mol. The highest BCUT2D eigenvalue weighted by Crippen LogP contribution is 2.04. The quantitative estimate of drug-likeness (QED) is 0.456. The van der Waals surface area contributed by atoms with E-state index in [1.807, 2.05) is 6.92 Å². The smallest absolute Gasteiger partial charge is 0.157 e. The van der Waals surface area contributed by atoms with Crippen LogP contribution in [0.5, 0.6) is 0 Å². The molecule has 1 fully saturated rings. The minimum atomic E-state index is -0.199. The van der Waals surface area contributed by atoms with Crippen LogP contribution in [0.1, 0.15) is 6.92 Å². The van der Waals surface area contributed by atoms with Crippen LogP contribution >= 0.6 is 0 Å². The second kappa shape index (κ2) is 1.78. The van der Waals surface area contributed by atoms with E-state index in [1.165, 1.54) is 0 Å². The zero-order valence-electron chi connectivity index (χ0n) is 4.26. The van der Waals surface area contributed by atoms with Gasteiger partial charge in [-0.15, -0.1) is 0 Å². The second-order valence-electron chi connectivity index (χ2n) is 1.58. The molecule has 0 spiro atoms. The lowest BCUT2D eigenvalue weighted by Crippen LogP contribution is -2.21. The van der Waals surface area contributed by atoms with Gasteiger partial charge in [-0.2, -0.15) is 0 Å². The highest BCUT2D eigenvalue weighted by molar-refractivity contribution is 4.52. The van der Waals surface area contributed by atoms with Crippen LogP contribution in [-0.2, 0) is 9.47 Å². The van der Waals surface area contributed by atoms with Gasteiger partial charge >= 0.3 is 0 Å². The van der Waals surface area contributed by atoms with Crippen LogP contribution in [0, 0.1) is 0 Å². The van der Waals surface area contributed by atoms with Gasteiger partial charge in [0.1, 0.15) is 6.23 Å². The van der Waals surface area contributed by atoms with E-state index < -0.39 is 0 Å². The summed E-state index contributed by atoms with van der Waals surface area (Å²) in [5, 5.41) is 0. The first kappa shape index (κ1) is 5.03. The molecule has 1 aliphatic rings. The number of hydrogen-bond donors (Lipinski definition) is 1. The number of ether oxygens (including phenoxy) is 2. The predicted molar refractivity (Wildman–Crippen MR) is 24.5 cm³/mol. The van der Waals surface area contributed by atoms with E-state index in [1.54, 1.807) is 0 Å². The van der Waals surface area contributed by atoms with Gasteiger partial charge in [-0.1, -0.05) is 0 Å². The Labute approximate surface area is 42.4 Å². The van der Waals surface area contributed by atoms with Crippen molar-refractivity contribution in [3.8, 4) is 0 Å². The molecule has 1 heterocycles. The Morgan fingerprint density at radius 2 is 2.43 bits per heavy atom. The molecule has 0 saturated carbocycles. The van der Waals surface area contributed by atoms with Crippen LogP contribution in [0.3, 0.4) is 0 Å². The summed E-state index contributed by atoms with van der Waals surface area (Å²) >= 11 is 0. The molecular formula is C4H9NO2. The van der Waals surface area contributed by atoms with Crippen LogP contribution in [0.4, 0.5) is 0 Å². The van der Waals surface area contributed by atoms with Gasteiger partial charge < -0.3 is 15.2 Å². The Kier molecular flexibility index (Phi) is 1.27. The molecule has 1 saturated heterocycles. The van der Waals surface area contributed by atoms with Crippen molar-refractivity contribution in [2.75, 3.05) is 6.61 Å². The topological polar surface area (TPSA) is 44.5 Å². The van der Waals surface area contributed by atoms with Gasteiger partial charge in [0, 0.05) is 0 Å². The summed E-state index contributed by atoms with van der Waals surface area (Å²) in [6.45, 7) is 2.36. The van der Waals surface area contributed by atoms with E-state index in [4.69, 9.17) is 15.2 Å². The van der Waals surface area contributed by atoms with Crippen molar-refractivity contribution in [2.24, 2.45) is 5.73 Å². The number of hydrogen-bond acceptors (Lipinski definition) is 3. The van der Waals surface area contributed by atoms with E-state index in [0.29, 0.717) is 6.61 Å². The van der Waals surface area contributed by atoms with E-state index >= 15 is 0 Å². The molecule has 0 aromatic heterocycles. The van der Waals surface area contributed by atoms with Crippen molar-refractivity contribution in [1.29, 1.82) is 0 Å². The molecule has 3 nitrogen and oxygen atoms in total. The molecule has 0 aromatic rings. The van der Waals surface area contributed by atoms with Crippen molar-refractivity contribution in [2.45, 2.75) is 19.4 Å². The molecule has 0 aromatic carbocycles. The summed E-state index contributed by atoms with van der Waals surface area (Å²) in [7, 11) is 0. The SMILES string of the molecule is CC1OCC(N)O1. The van der Waals surface area contributed by atoms with E-state index in [-0.39, 0.29) is 12.5 Å². The normalized spacial score (nSPS) is 42.0. The fraction of sp³-hybridized carbons (Fsp3) is 1.00. The summed E-state index contributed by atoms with van der Waals surface area (Å²) in [4.78, 5) is 0. The van der Waals surface area contributed by atoms with Crippen molar-refractivity contribution in [1.82, 2.24) is 0 Å². The fourth-order valence-corrected chi connectivity index (χ4v) is 0.555. The van der Waals surface area contributed by atoms with Gasteiger partial charge in [0.15, 0.2) is 6.29 Å². The maximum absolute atomic E-state index is 5.28. The van der Waals surface area contributed by atoms with Crippen LogP contribution in [0.15, 0.2) is 0 Å². The fourth-order valence-electron chi connectivity index (χ4n) is 0.555. The third kappa shape index (κ3) is 1.12. The number of nitrogens with two attached hydrogens (primary N) is 1.